The molecule has 0 fully saturated rings. The van der Waals surface area contributed by atoms with Gasteiger partial charge in [0.25, 0.3) is 0 Å². The lowest BCUT2D eigenvalue weighted by Crippen LogP contribution is -2.00. The van der Waals surface area contributed by atoms with Crippen molar-refractivity contribution in [1.29, 1.82) is 0 Å². The number of aromatic nitrogens is 1. The lowest BCUT2D eigenvalue weighted by molar-refractivity contribution is -0.134. The molecule has 1 rings (SSSR count). The Labute approximate surface area is 77.6 Å². The zero-order chi connectivity index (χ0) is 10.1. The lowest BCUT2D eigenvalue weighted by atomic mass is 10.3. The Balaban J connectivity index is 2.87. The minimum Gasteiger partial charge on any atom is -0.669 e. The van der Waals surface area contributed by atoms with E-state index < -0.39 is 17.1 Å². The SMILES string of the molecule is CC[C@@H]([NH-])c1ncc(C(F)(F)F)s1. The standard InChI is InChI=1S/C7H8F3N2S/c1-2-4(11)6-12-3-5(13-6)7(8,9)10/h3-4,11H,2H2,1H3/q-1/t4-/m1/s1. The first kappa shape index (κ1) is 10.5. The van der Waals surface area contributed by atoms with Crippen molar-refractivity contribution in [3.05, 3.63) is 21.8 Å². The summed E-state index contributed by atoms with van der Waals surface area (Å²) in [5, 5.41) is 0.231. The van der Waals surface area contributed by atoms with Crippen molar-refractivity contribution in [2.75, 3.05) is 0 Å². The van der Waals surface area contributed by atoms with Gasteiger partial charge < -0.3 is 5.73 Å². The van der Waals surface area contributed by atoms with Crippen LogP contribution in [-0.2, 0) is 6.18 Å². The second-order valence-electron chi connectivity index (χ2n) is 2.52. The average molecular weight is 209 g/mol. The smallest absolute Gasteiger partial charge is 0.427 e. The average Bonchev–Trinajstić information content (AvgIpc) is 2.50. The third-order valence-corrected chi connectivity index (χ3v) is 2.67. The van der Waals surface area contributed by atoms with E-state index in [0.717, 1.165) is 6.20 Å². The van der Waals surface area contributed by atoms with Crippen LogP contribution in [0, 0.1) is 0 Å². The molecule has 0 spiro atoms. The fourth-order valence-electron chi connectivity index (χ4n) is 0.754. The normalized spacial score (nSPS) is 14.5. The maximum Gasteiger partial charge on any atom is 0.427 e. The molecular weight excluding hydrogens is 201 g/mol. The number of rotatable bonds is 2. The number of hydrogen-bond acceptors (Lipinski definition) is 2. The van der Waals surface area contributed by atoms with Gasteiger partial charge in [-0.1, -0.05) is 19.4 Å². The molecule has 6 heteroatoms. The van der Waals surface area contributed by atoms with Crippen LogP contribution in [0.4, 0.5) is 13.2 Å². The number of nitrogens with one attached hydrogen (secondary N) is 1. The third-order valence-electron chi connectivity index (χ3n) is 1.51. The summed E-state index contributed by atoms with van der Waals surface area (Å²) in [6, 6.07) is -0.638. The minimum absolute atomic E-state index is 0.231. The van der Waals surface area contributed by atoms with E-state index in [1.165, 1.54) is 0 Å². The van der Waals surface area contributed by atoms with Crippen LogP contribution in [-0.4, -0.2) is 4.98 Å². The first-order valence-corrected chi connectivity index (χ1v) is 4.50. The highest BCUT2D eigenvalue weighted by Gasteiger charge is 2.33. The summed E-state index contributed by atoms with van der Waals surface area (Å²) in [5.74, 6) is 0. The summed E-state index contributed by atoms with van der Waals surface area (Å²) >= 11 is 0.549. The van der Waals surface area contributed by atoms with E-state index >= 15 is 0 Å². The topological polar surface area (TPSA) is 36.7 Å². The Morgan fingerprint density at radius 2 is 2.23 bits per heavy atom. The second kappa shape index (κ2) is 3.63. The zero-order valence-electron chi connectivity index (χ0n) is 6.85. The van der Waals surface area contributed by atoms with Crippen molar-refractivity contribution < 1.29 is 13.2 Å². The molecule has 0 saturated heterocycles. The van der Waals surface area contributed by atoms with Crippen molar-refractivity contribution >= 4 is 11.3 Å². The van der Waals surface area contributed by atoms with Gasteiger partial charge in [0.2, 0.25) is 0 Å². The fraction of sp³-hybridized carbons (Fsp3) is 0.571. The first-order valence-electron chi connectivity index (χ1n) is 3.69. The zero-order valence-corrected chi connectivity index (χ0v) is 7.67. The lowest BCUT2D eigenvalue weighted by Gasteiger charge is -2.12. The van der Waals surface area contributed by atoms with Gasteiger partial charge >= 0.3 is 6.18 Å². The van der Waals surface area contributed by atoms with Gasteiger partial charge in [-0.2, -0.15) is 13.2 Å². The molecule has 0 aromatic carbocycles. The molecule has 0 radical (unpaired) electrons. The van der Waals surface area contributed by atoms with Crippen LogP contribution >= 0.6 is 11.3 Å². The van der Waals surface area contributed by atoms with Crippen LogP contribution < -0.4 is 0 Å². The van der Waals surface area contributed by atoms with Crippen LogP contribution in [0.1, 0.15) is 29.3 Å². The Kier molecular flexibility index (Phi) is 2.92. The number of halogens is 3. The molecule has 1 heterocycles. The Hall–Kier alpha value is -0.620. The van der Waals surface area contributed by atoms with E-state index in [0.29, 0.717) is 17.8 Å². The maximum atomic E-state index is 12.1. The number of hydrogen-bond donors (Lipinski definition) is 0. The molecule has 0 unspecified atom stereocenters. The molecule has 2 nitrogen and oxygen atoms in total. The van der Waals surface area contributed by atoms with Crippen LogP contribution in [0.25, 0.3) is 5.73 Å². The molecule has 0 aliphatic rings. The van der Waals surface area contributed by atoms with Crippen molar-refractivity contribution in [2.24, 2.45) is 0 Å². The van der Waals surface area contributed by atoms with Gasteiger partial charge in [0, 0.05) is 0 Å². The van der Waals surface area contributed by atoms with Crippen LogP contribution in [0.15, 0.2) is 6.20 Å². The Bertz CT molecular complexity index is 282. The van der Waals surface area contributed by atoms with E-state index in [1.807, 2.05) is 0 Å². The number of nitrogens with zero attached hydrogens (tertiary/aromatic N) is 1. The van der Waals surface area contributed by atoms with Crippen molar-refractivity contribution in [2.45, 2.75) is 25.6 Å². The van der Waals surface area contributed by atoms with Crippen LogP contribution in [0.2, 0.25) is 0 Å². The van der Waals surface area contributed by atoms with E-state index in [1.54, 1.807) is 6.92 Å². The summed E-state index contributed by atoms with van der Waals surface area (Å²) in [6.07, 6.45) is -3.06. The van der Waals surface area contributed by atoms with E-state index in [4.69, 9.17) is 5.73 Å². The van der Waals surface area contributed by atoms with Gasteiger partial charge in [0.15, 0.2) is 0 Å². The summed E-state index contributed by atoms with van der Waals surface area (Å²) in [4.78, 5) is 2.84. The van der Waals surface area contributed by atoms with Crippen molar-refractivity contribution in [1.82, 2.24) is 4.98 Å². The summed E-state index contributed by atoms with van der Waals surface area (Å²) in [7, 11) is 0. The molecule has 0 amide bonds. The molecule has 13 heavy (non-hydrogen) atoms. The molecule has 1 aromatic heterocycles. The highest BCUT2D eigenvalue weighted by Crippen LogP contribution is 2.35. The molecule has 0 aliphatic heterocycles. The molecular formula is C7H8F3N2S-. The molecule has 1 atom stereocenters. The molecule has 74 valence electrons. The van der Waals surface area contributed by atoms with E-state index in [9.17, 15) is 13.2 Å². The van der Waals surface area contributed by atoms with Gasteiger partial charge in [0.05, 0.1) is 11.2 Å². The van der Waals surface area contributed by atoms with E-state index in [2.05, 4.69) is 4.98 Å². The summed E-state index contributed by atoms with van der Waals surface area (Å²) in [5.41, 5.74) is 7.36. The van der Waals surface area contributed by atoms with Crippen LogP contribution in [0.3, 0.4) is 0 Å². The first-order chi connectivity index (χ1) is 5.95. The van der Waals surface area contributed by atoms with Gasteiger partial charge in [-0.05, 0) is 0 Å². The van der Waals surface area contributed by atoms with Gasteiger partial charge in [-0.25, -0.2) is 0 Å². The predicted molar refractivity (Wildman–Crippen MR) is 44.5 cm³/mol. The Morgan fingerprint density at radius 1 is 1.62 bits per heavy atom. The molecule has 1 aromatic rings. The molecule has 0 aliphatic carbocycles. The summed E-state index contributed by atoms with van der Waals surface area (Å²) < 4.78 is 36.2. The predicted octanol–water partition coefficient (Wildman–Crippen LogP) is 3.67. The number of alkyl halides is 3. The van der Waals surface area contributed by atoms with Crippen molar-refractivity contribution in [3.8, 4) is 0 Å². The number of thiazole rings is 1. The highest BCUT2D eigenvalue weighted by molar-refractivity contribution is 7.11. The minimum atomic E-state index is -4.33. The highest BCUT2D eigenvalue weighted by atomic mass is 32.1. The monoisotopic (exact) mass is 209 g/mol. The molecule has 1 N–H and O–H groups in total. The maximum absolute atomic E-state index is 12.1. The Morgan fingerprint density at radius 3 is 2.62 bits per heavy atom. The van der Waals surface area contributed by atoms with Gasteiger partial charge in [-0.15, -0.1) is 11.3 Å². The van der Waals surface area contributed by atoms with Gasteiger partial charge in [-0.3, -0.25) is 4.98 Å². The van der Waals surface area contributed by atoms with Crippen LogP contribution in [0.5, 0.6) is 0 Å². The molecule has 0 saturated carbocycles. The fourth-order valence-corrected chi connectivity index (χ4v) is 1.62. The largest absolute Gasteiger partial charge is 0.669 e. The second-order valence-corrected chi connectivity index (χ2v) is 3.58. The summed E-state index contributed by atoms with van der Waals surface area (Å²) in [6.45, 7) is 1.74. The molecule has 0 bridgehead atoms. The quantitative estimate of drug-likeness (QED) is 0.732. The van der Waals surface area contributed by atoms with Crippen molar-refractivity contribution in [3.63, 3.8) is 0 Å². The van der Waals surface area contributed by atoms with E-state index in [-0.39, 0.29) is 5.01 Å². The third kappa shape index (κ3) is 2.41. The van der Waals surface area contributed by atoms with Gasteiger partial charge in [0.1, 0.15) is 4.88 Å².